The van der Waals surface area contributed by atoms with Crippen molar-refractivity contribution in [1.29, 1.82) is 0 Å². The number of hydrogen-bond acceptors (Lipinski definition) is 0. The molecule has 0 amide bonds. The first-order valence-electron chi connectivity index (χ1n) is 7.71. The van der Waals surface area contributed by atoms with Crippen LogP contribution in [0.5, 0.6) is 0 Å². The van der Waals surface area contributed by atoms with E-state index < -0.39 is 0 Å². The number of para-hydroxylation sites is 1. The Morgan fingerprint density at radius 3 is 2.17 bits per heavy atom. The van der Waals surface area contributed by atoms with Crippen LogP contribution >= 0.6 is 10.1 Å². The van der Waals surface area contributed by atoms with Gasteiger partial charge in [0.1, 0.15) is 0 Å². The Labute approximate surface area is 152 Å². The van der Waals surface area contributed by atoms with Crippen LogP contribution in [0.25, 0.3) is 10.6 Å². The molecule has 0 saturated heterocycles. The van der Waals surface area contributed by atoms with E-state index in [1.165, 1.54) is 11.1 Å². The third kappa shape index (κ3) is 7.29. The number of benzene rings is 2. The Morgan fingerprint density at radius 1 is 0.913 bits per heavy atom. The standard InChI is InChI=1S/C19H24N2.ClH.Co/c1-14-10-11-15(2)19(12-14)21-17(4)13-16(3)20-18-8-6-5-7-9-18;;/h5-12,16-17H,13H2,1-4H3;1H;/q-2;;+3/p-1. The molecule has 0 aromatic heterocycles. The average molecular weight is 375 g/mol. The van der Waals surface area contributed by atoms with Crippen molar-refractivity contribution < 1.29 is 14.8 Å². The van der Waals surface area contributed by atoms with Gasteiger partial charge in [-0.2, -0.15) is 0 Å². The summed E-state index contributed by atoms with van der Waals surface area (Å²) in [6.07, 6.45) is 0.961. The van der Waals surface area contributed by atoms with Gasteiger partial charge in [0.2, 0.25) is 0 Å². The molecule has 0 N–H and O–H groups in total. The second-order valence-corrected chi connectivity index (χ2v) is 5.82. The van der Waals surface area contributed by atoms with E-state index in [1.807, 2.05) is 30.3 Å². The van der Waals surface area contributed by atoms with Crippen molar-refractivity contribution in [2.24, 2.45) is 0 Å². The van der Waals surface area contributed by atoms with E-state index in [2.05, 4.69) is 70.9 Å². The van der Waals surface area contributed by atoms with E-state index in [4.69, 9.17) is 10.6 Å². The van der Waals surface area contributed by atoms with Gasteiger partial charge in [-0.15, -0.1) is 23.5 Å². The topological polar surface area (TPSA) is 28.2 Å². The van der Waals surface area contributed by atoms with Crippen molar-refractivity contribution in [1.82, 2.24) is 0 Å². The molecular formula is C19H24ClCoN2. The molecule has 0 spiro atoms. The summed E-state index contributed by atoms with van der Waals surface area (Å²) < 4.78 is 0. The summed E-state index contributed by atoms with van der Waals surface area (Å²) in [5.41, 5.74) is 4.65. The first-order valence-corrected chi connectivity index (χ1v) is 9.14. The SMILES string of the molecule is Cc1ccc(C)c([N-]C(C)CC(C)[N-]c2ccccc2)c1.[Cl][Co+2]. The molecule has 0 radical (unpaired) electrons. The molecule has 4 heteroatoms. The molecule has 2 atom stereocenters. The van der Waals surface area contributed by atoms with Crippen LogP contribution in [0.1, 0.15) is 31.4 Å². The average Bonchev–Trinajstić information content (AvgIpc) is 2.53. The Balaban J connectivity index is 0.00000127. The van der Waals surface area contributed by atoms with Gasteiger partial charge in [0.05, 0.1) is 0 Å². The Morgan fingerprint density at radius 2 is 1.52 bits per heavy atom. The minimum atomic E-state index is 0.271. The molecule has 23 heavy (non-hydrogen) atoms. The van der Waals surface area contributed by atoms with E-state index >= 15 is 0 Å². The second-order valence-electron chi connectivity index (χ2n) is 5.82. The van der Waals surface area contributed by atoms with E-state index in [0.717, 1.165) is 17.8 Å². The molecule has 2 unspecified atom stereocenters. The first kappa shape index (κ1) is 19.9. The summed E-state index contributed by atoms with van der Waals surface area (Å²) in [4.78, 5) is 0. The fraction of sp³-hybridized carbons (Fsp3) is 0.368. The van der Waals surface area contributed by atoms with Crippen LogP contribution in [0.15, 0.2) is 48.5 Å². The van der Waals surface area contributed by atoms with E-state index in [9.17, 15) is 0 Å². The fourth-order valence-electron chi connectivity index (χ4n) is 2.46. The summed E-state index contributed by atoms with van der Waals surface area (Å²) in [6, 6.07) is 17.1. The van der Waals surface area contributed by atoms with E-state index in [1.54, 1.807) is 0 Å². The third-order valence-electron chi connectivity index (χ3n) is 3.53. The van der Waals surface area contributed by atoms with Gasteiger partial charge in [0.15, 0.2) is 0 Å². The van der Waals surface area contributed by atoms with Crippen molar-refractivity contribution >= 4 is 21.5 Å². The van der Waals surface area contributed by atoms with Crippen molar-refractivity contribution in [3.63, 3.8) is 0 Å². The van der Waals surface area contributed by atoms with Crippen LogP contribution in [0.3, 0.4) is 0 Å². The molecule has 126 valence electrons. The zero-order valence-corrected chi connectivity index (χ0v) is 15.9. The normalized spacial score (nSPS) is 12.6. The Kier molecular flexibility index (Phi) is 9.15. The molecule has 2 nitrogen and oxygen atoms in total. The molecule has 0 aliphatic rings. The van der Waals surface area contributed by atoms with E-state index in [0.29, 0.717) is 0 Å². The Bertz CT molecular complexity index is 575. The molecule has 0 saturated carbocycles. The maximum absolute atomic E-state index is 4.84. The predicted molar refractivity (Wildman–Crippen MR) is 97.8 cm³/mol. The van der Waals surface area contributed by atoms with Gasteiger partial charge in [0, 0.05) is 0 Å². The molecule has 2 aromatic rings. The molecule has 0 bridgehead atoms. The number of halogens is 1. The van der Waals surface area contributed by atoms with Gasteiger partial charge >= 0.3 is 25.0 Å². The molecule has 2 aromatic carbocycles. The first-order chi connectivity index (χ1) is 11.0. The van der Waals surface area contributed by atoms with Gasteiger partial charge in [-0.1, -0.05) is 79.9 Å². The fourth-order valence-corrected chi connectivity index (χ4v) is 2.46. The monoisotopic (exact) mass is 374 g/mol. The number of rotatable bonds is 6. The molecule has 0 aliphatic heterocycles. The van der Waals surface area contributed by atoms with Gasteiger partial charge < -0.3 is 10.6 Å². The van der Waals surface area contributed by atoms with Gasteiger partial charge in [-0.3, -0.25) is 0 Å². The molecule has 2 rings (SSSR count). The number of hydrogen-bond donors (Lipinski definition) is 0. The van der Waals surface area contributed by atoms with Crippen molar-refractivity contribution in [3.05, 3.63) is 70.3 Å². The summed E-state index contributed by atoms with van der Waals surface area (Å²) in [6.45, 7) is 8.54. The zero-order valence-electron chi connectivity index (χ0n) is 14.1. The van der Waals surface area contributed by atoms with Gasteiger partial charge in [0.25, 0.3) is 0 Å². The van der Waals surface area contributed by atoms with Crippen molar-refractivity contribution in [2.45, 2.75) is 46.2 Å². The van der Waals surface area contributed by atoms with Crippen LogP contribution in [-0.4, -0.2) is 12.1 Å². The predicted octanol–water partition coefficient (Wildman–Crippen LogP) is 6.87. The van der Waals surface area contributed by atoms with Crippen LogP contribution in [0.4, 0.5) is 11.4 Å². The van der Waals surface area contributed by atoms with Crippen LogP contribution < -0.4 is 0 Å². The third-order valence-corrected chi connectivity index (χ3v) is 3.53. The molecule has 0 fully saturated rings. The van der Waals surface area contributed by atoms with E-state index in [-0.39, 0.29) is 12.1 Å². The Hall–Kier alpha value is -1.16. The van der Waals surface area contributed by atoms with Crippen molar-refractivity contribution in [2.75, 3.05) is 0 Å². The summed E-state index contributed by atoms with van der Waals surface area (Å²) >= 11 is 3.03. The zero-order chi connectivity index (χ0) is 17.2. The second kappa shape index (κ2) is 10.6. The van der Waals surface area contributed by atoms with Crippen molar-refractivity contribution in [3.8, 4) is 0 Å². The maximum atomic E-state index is 4.84. The van der Waals surface area contributed by atoms with Gasteiger partial charge in [-0.05, 0) is 13.8 Å². The molecular weight excluding hydrogens is 351 g/mol. The van der Waals surface area contributed by atoms with Crippen LogP contribution in [-0.2, 0) is 14.8 Å². The summed E-state index contributed by atoms with van der Waals surface area (Å²) in [5.74, 6) is 0. The quantitative estimate of drug-likeness (QED) is 0.528. The molecule has 0 aliphatic carbocycles. The van der Waals surface area contributed by atoms with Crippen LogP contribution in [0.2, 0.25) is 0 Å². The molecule has 0 heterocycles. The number of aryl methyl sites for hydroxylation is 2. The number of nitrogens with zero attached hydrogens (tertiary/aromatic N) is 2. The van der Waals surface area contributed by atoms with Crippen LogP contribution in [0, 0.1) is 13.8 Å². The summed E-state index contributed by atoms with van der Waals surface area (Å²) in [7, 11) is 4.33. The minimum absolute atomic E-state index is 0.271. The summed E-state index contributed by atoms with van der Waals surface area (Å²) in [5, 5.41) is 9.56. The van der Waals surface area contributed by atoms with Gasteiger partial charge in [-0.25, -0.2) is 0 Å².